The maximum atomic E-state index is 12.4. The molecule has 0 aromatic heterocycles. The zero-order valence-electron chi connectivity index (χ0n) is 11.9. The number of hydrogen-bond acceptors (Lipinski definition) is 3. The molecule has 2 amide bonds. The van der Waals surface area contributed by atoms with E-state index in [-0.39, 0.29) is 23.8 Å². The van der Waals surface area contributed by atoms with Crippen LogP contribution in [0.15, 0.2) is 24.3 Å². The summed E-state index contributed by atoms with van der Waals surface area (Å²) in [6.07, 6.45) is 2.86. The molecule has 2 N–H and O–H groups in total. The van der Waals surface area contributed by atoms with Gasteiger partial charge in [-0.05, 0) is 25.3 Å². The van der Waals surface area contributed by atoms with Crippen LogP contribution in [0.3, 0.4) is 0 Å². The van der Waals surface area contributed by atoms with Crippen molar-refractivity contribution in [3.05, 3.63) is 29.8 Å². The number of para-hydroxylation sites is 1. The summed E-state index contributed by atoms with van der Waals surface area (Å²) in [6, 6.07) is 7.86. The van der Waals surface area contributed by atoms with Crippen molar-refractivity contribution in [3.63, 3.8) is 0 Å². The van der Waals surface area contributed by atoms with Gasteiger partial charge < -0.3 is 15.4 Å². The molecule has 2 aliphatic rings. The lowest BCUT2D eigenvalue weighted by Gasteiger charge is -2.25. The summed E-state index contributed by atoms with van der Waals surface area (Å²) in [5, 5.41) is 5.89. The van der Waals surface area contributed by atoms with Crippen LogP contribution in [-0.2, 0) is 9.59 Å². The lowest BCUT2D eigenvalue weighted by atomic mass is 9.96. The highest BCUT2D eigenvalue weighted by atomic mass is 16.5. The van der Waals surface area contributed by atoms with E-state index < -0.39 is 0 Å². The smallest absolute Gasteiger partial charge is 0.225 e. The van der Waals surface area contributed by atoms with E-state index >= 15 is 0 Å². The predicted octanol–water partition coefficient (Wildman–Crippen LogP) is 1.54. The van der Waals surface area contributed by atoms with Gasteiger partial charge in [0.15, 0.2) is 0 Å². The molecule has 112 valence electrons. The number of ether oxygens (including phenoxy) is 1. The molecule has 1 saturated heterocycles. The Hall–Kier alpha value is -2.04. The maximum absolute atomic E-state index is 12.4. The summed E-state index contributed by atoms with van der Waals surface area (Å²) in [5.74, 6) is 0.792. The Balaban J connectivity index is 1.69. The molecule has 1 fully saturated rings. The molecule has 0 saturated carbocycles. The van der Waals surface area contributed by atoms with Crippen molar-refractivity contribution < 1.29 is 14.3 Å². The topological polar surface area (TPSA) is 67.4 Å². The zero-order chi connectivity index (χ0) is 14.7. The van der Waals surface area contributed by atoms with Gasteiger partial charge in [-0.2, -0.15) is 0 Å². The third-order valence-electron chi connectivity index (χ3n) is 4.14. The molecule has 5 heteroatoms. The van der Waals surface area contributed by atoms with Gasteiger partial charge in [0, 0.05) is 18.5 Å². The normalized spacial score (nSPS) is 25.0. The van der Waals surface area contributed by atoms with Gasteiger partial charge >= 0.3 is 0 Å². The number of hydrogen-bond donors (Lipinski definition) is 2. The third-order valence-corrected chi connectivity index (χ3v) is 4.14. The zero-order valence-corrected chi connectivity index (χ0v) is 11.9. The molecular formula is C16H20N2O3. The van der Waals surface area contributed by atoms with Crippen molar-refractivity contribution >= 4 is 11.8 Å². The van der Waals surface area contributed by atoms with Gasteiger partial charge in [0.1, 0.15) is 5.75 Å². The molecule has 0 unspecified atom stereocenters. The maximum Gasteiger partial charge on any atom is 0.225 e. The van der Waals surface area contributed by atoms with Crippen molar-refractivity contribution in [3.8, 4) is 5.75 Å². The van der Waals surface area contributed by atoms with Gasteiger partial charge in [-0.25, -0.2) is 0 Å². The van der Waals surface area contributed by atoms with Crippen LogP contribution in [-0.4, -0.2) is 25.0 Å². The SMILES string of the molecule is O=C1CC[C@@H](C(=O)N[C@H]2CCCOc3ccccc32)CN1. The van der Waals surface area contributed by atoms with E-state index in [2.05, 4.69) is 10.6 Å². The van der Waals surface area contributed by atoms with E-state index in [4.69, 9.17) is 4.74 Å². The lowest BCUT2D eigenvalue weighted by molar-refractivity contribution is -0.129. The van der Waals surface area contributed by atoms with Crippen LogP contribution < -0.4 is 15.4 Å². The summed E-state index contributed by atoms with van der Waals surface area (Å²) in [5.41, 5.74) is 1.04. The van der Waals surface area contributed by atoms with Gasteiger partial charge in [0.25, 0.3) is 0 Å². The molecule has 21 heavy (non-hydrogen) atoms. The van der Waals surface area contributed by atoms with E-state index in [0.29, 0.717) is 26.0 Å². The lowest BCUT2D eigenvalue weighted by Crippen LogP contribution is -2.43. The van der Waals surface area contributed by atoms with Gasteiger partial charge in [0.05, 0.1) is 18.6 Å². The van der Waals surface area contributed by atoms with Crippen molar-refractivity contribution in [2.75, 3.05) is 13.2 Å². The predicted molar refractivity (Wildman–Crippen MR) is 77.8 cm³/mol. The Morgan fingerprint density at radius 2 is 2.14 bits per heavy atom. The molecule has 1 aromatic rings. The minimum atomic E-state index is -0.126. The van der Waals surface area contributed by atoms with Gasteiger partial charge in [0.2, 0.25) is 11.8 Å². The van der Waals surface area contributed by atoms with Crippen molar-refractivity contribution in [2.24, 2.45) is 5.92 Å². The van der Waals surface area contributed by atoms with Crippen molar-refractivity contribution in [1.82, 2.24) is 10.6 Å². The van der Waals surface area contributed by atoms with E-state index in [1.165, 1.54) is 0 Å². The fourth-order valence-corrected chi connectivity index (χ4v) is 2.92. The van der Waals surface area contributed by atoms with Crippen molar-refractivity contribution in [1.29, 1.82) is 0 Å². The van der Waals surface area contributed by atoms with Gasteiger partial charge in [-0.1, -0.05) is 18.2 Å². The van der Waals surface area contributed by atoms with Crippen LogP contribution in [0.5, 0.6) is 5.75 Å². The molecular weight excluding hydrogens is 268 g/mol. The number of fused-ring (bicyclic) bond motifs is 1. The summed E-state index contributed by atoms with van der Waals surface area (Å²) < 4.78 is 5.71. The first-order chi connectivity index (χ1) is 10.2. The van der Waals surface area contributed by atoms with Crippen LogP contribution in [0, 0.1) is 5.92 Å². The largest absolute Gasteiger partial charge is 0.493 e. The molecule has 0 bridgehead atoms. The van der Waals surface area contributed by atoms with Crippen LogP contribution >= 0.6 is 0 Å². The molecule has 2 aliphatic heterocycles. The number of carbonyl (C=O) groups excluding carboxylic acids is 2. The van der Waals surface area contributed by atoms with E-state index in [9.17, 15) is 9.59 Å². The summed E-state index contributed by atoms with van der Waals surface area (Å²) in [4.78, 5) is 23.6. The van der Waals surface area contributed by atoms with E-state index in [1.54, 1.807) is 0 Å². The molecule has 5 nitrogen and oxygen atoms in total. The summed E-state index contributed by atoms with van der Waals surface area (Å²) >= 11 is 0. The van der Waals surface area contributed by atoms with Crippen LogP contribution in [0.25, 0.3) is 0 Å². The highest BCUT2D eigenvalue weighted by Gasteiger charge is 2.28. The van der Waals surface area contributed by atoms with Crippen LogP contribution in [0.2, 0.25) is 0 Å². The molecule has 2 heterocycles. The standard InChI is InChI=1S/C16H20N2O3/c19-15-8-7-11(10-17-15)16(20)18-13-5-3-9-21-14-6-2-1-4-12(13)14/h1-2,4,6,11,13H,3,5,7-10H2,(H,17,19)(H,18,20)/t11-,13+/m1/s1. The second kappa shape index (κ2) is 6.16. The summed E-state index contributed by atoms with van der Waals surface area (Å²) in [6.45, 7) is 1.12. The average Bonchev–Trinajstić information content (AvgIpc) is 2.71. The number of rotatable bonds is 2. The molecule has 3 rings (SSSR count). The van der Waals surface area contributed by atoms with Crippen molar-refractivity contribution in [2.45, 2.75) is 31.7 Å². The van der Waals surface area contributed by atoms with Crippen LogP contribution in [0.4, 0.5) is 0 Å². The Kier molecular flexibility index (Phi) is 4.08. The number of benzene rings is 1. The summed E-state index contributed by atoms with van der Waals surface area (Å²) in [7, 11) is 0. The number of nitrogens with one attached hydrogen (secondary N) is 2. The van der Waals surface area contributed by atoms with E-state index in [0.717, 1.165) is 24.2 Å². The quantitative estimate of drug-likeness (QED) is 0.867. The molecule has 0 aliphatic carbocycles. The van der Waals surface area contributed by atoms with Gasteiger partial charge in [-0.3, -0.25) is 9.59 Å². The highest BCUT2D eigenvalue weighted by Crippen LogP contribution is 2.31. The first-order valence-electron chi connectivity index (χ1n) is 7.53. The fraction of sp³-hybridized carbons (Fsp3) is 0.500. The highest BCUT2D eigenvalue weighted by molar-refractivity contribution is 5.84. The second-order valence-corrected chi connectivity index (χ2v) is 5.63. The minimum absolute atomic E-state index is 0.00571. The monoisotopic (exact) mass is 288 g/mol. The average molecular weight is 288 g/mol. The number of piperidine rings is 1. The number of carbonyl (C=O) groups is 2. The Morgan fingerprint density at radius 3 is 2.95 bits per heavy atom. The van der Waals surface area contributed by atoms with E-state index in [1.807, 2.05) is 24.3 Å². The third kappa shape index (κ3) is 3.17. The minimum Gasteiger partial charge on any atom is -0.493 e. The van der Waals surface area contributed by atoms with Gasteiger partial charge in [-0.15, -0.1) is 0 Å². The molecule has 1 aromatic carbocycles. The number of amides is 2. The first-order valence-corrected chi connectivity index (χ1v) is 7.53. The Bertz CT molecular complexity index is 534. The molecule has 2 atom stereocenters. The second-order valence-electron chi connectivity index (χ2n) is 5.63. The molecule has 0 spiro atoms. The molecule has 0 radical (unpaired) electrons. The fourth-order valence-electron chi connectivity index (χ4n) is 2.92. The first kappa shape index (κ1) is 13.9. The van der Waals surface area contributed by atoms with Crippen LogP contribution in [0.1, 0.15) is 37.3 Å². The Labute approximate surface area is 124 Å². The Morgan fingerprint density at radius 1 is 1.29 bits per heavy atom.